The molecule has 164 valence electrons. The highest BCUT2D eigenvalue weighted by Crippen LogP contribution is 2.34. The van der Waals surface area contributed by atoms with E-state index in [0.717, 1.165) is 20.1 Å². The maximum atomic E-state index is 12.7. The number of thiazole rings is 1. The van der Waals surface area contributed by atoms with E-state index in [4.69, 9.17) is 0 Å². The Morgan fingerprint density at radius 2 is 1.61 bits per heavy atom. The molecule has 1 amide bonds. The quantitative estimate of drug-likeness (QED) is 0.349. The van der Waals surface area contributed by atoms with Gasteiger partial charge in [-0.05, 0) is 54.6 Å². The number of benzene rings is 2. The van der Waals surface area contributed by atoms with Gasteiger partial charge in [-0.2, -0.15) is 0 Å². The van der Waals surface area contributed by atoms with Gasteiger partial charge in [0.15, 0.2) is 0 Å². The van der Waals surface area contributed by atoms with Crippen LogP contribution >= 0.6 is 22.7 Å². The molecular weight excluding hydrogens is 478 g/mol. The molecule has 0 atom stereocenters. The number of fused-ring (bicyclic) bond motifs is 1. The van der Waals surface area contributed by atoms with E-state index in [2.05, 4.69) is 25.0 Å². The fourth-order valence-corrected chi connectivity index (χ4v) is 5.87. The number of hydrogen-bond acceptors (Lipinski definition) is 8. The molecule has 0 radical (unpaired) electrons. The van der Waals surface area contributed by atoms with Crippen LogP contribution in [0.1, 0.15) is 9.67 Å². The van der Waals surface area contributed by atoms with Gasteiger partial charge in [-0.15, -0.1) is 22.7 Å². The van der Waals surface area contributed by atoms with Gasteiger partial charge in [0, 0.05) is 18.1 Å². The van der Waals surface area contributed by atoms with Crippen LogP contribution in [-0.4, -0.2) is 29.3 Å². The van der Waals surface area contributed by atoms with E-state index in [9.17, 15) is 13.2 Å². The van der Waals surface area contributed by atoms with Crippen LogP contribution in [0.4, 0.5) is 11.6 Å². The molecular formula is C22H15N5O3S3. The largest absolute Gasteiger partial charge is 0.321 e. The highest BCUT2D eigenvalue weighted by atomic mass is 32.2. The van der Waals surface area contributed by atoms with Crippen molar-refractivity contribution in [2.75, 3.05) is 10.0 Å². The van der Waals surface area contributed by atoms with Crippen LogP contribution in [0.15, 0.2) is 84.0 Å². The Morgan fingerprint density at radius 1 is 0.848 bits per heavy atom. The molecule has 0 saturated heterocycles. The Kier molecular flexibility index (Phi) is 5.58. The normalized spacial score (nSPS) is 11.4. The fourth-order valence-electron chi connectivity index (χ4n) is 2.99. The Hall–Kier alpha value is -3.67. The topological polar surface area (TPSA) is 114 Å². The zero-order valence-electron chi connectivity index (χ0n) is 16.8. The third-order valence-corrected chi connectivity index (χ3v) is 8.18. The molecule has 0 aliphatic carbocycles. The van der Waals surface area contributed by atoms with E-state index in [1.54, 1.807) is 23.5 Å². The summed E-state index contributed by atoms with van der Waals surface area (Å²) in [6, 6.07) is 19.0. The first-order chi connectivity index (χ1) is 16.0. The van der Waals surface area contributed by atoms with Gasteiger partial charge >= 0.3 is 0 Å². The lowest BCUT2D eigenvalue weighted by molar-refractivity contribution is 0.103. The molecule has 0 unspecified atom stereocenters. The van der Waals surface area contributed by atoms with Crippen molar-refractivity contribution in [3.63, 3.8) is 0 Å². The molecule has 8 nitrogen and oxygen atoms in total. The fraction of sp³-hybridized carbons (Fsp3) is 0. The summed E-state index contributed by atoms with van der Waals surface area (Å²) < 4.78 is 28.4. The number of thiophene rings is 1. The number of hydrogen-bond donors (Lipinski definition) is 2. The zero-order valence-corrected chi connectivity index (χ0v) is 19.2. The Balaban J connectivity index is 1.28. The molecule has 3 aromatic heterocycles. The lowest BCUT2D eigenvalue weighted by Gasteiger charge is -2.08. The number of para-hydroxylation sites is 1. The third kappa shape index (κ3) is 4.60. The molecule has 0 fully saturated rings. The lowest BCUT2D eigenvalue weighted by Crippen LogP contribution is -2.15. The van der Waals surface area contributed by atoms with Crippen molar-refractivity contribution < 1.29 is 13.2 Å². The average molecular weight is 494 g/mol. The summed E-state index contributed by atoms with van der Waals surface area (Å²) in [5.74, 6) is -0.296. The first kappa shape index (κ1) is 21.2. The molecule has 0 aliphatic rings. The van der Waals surface area contributed by atoms with Crippen LogP contribution < -0.4 is 10.0 Å². The van der Waals surface area contributed by atoms with Crippen LogP contribution in [-0.2, 0) is 10.0 Å². The van der Waals surface area contributed by atoms with Crippen LogP contribution in [0.2, 0.25) is 0 Å². The number of rotatable bonds is 6. The number of amides is 1. The van der Waals surface area contributed by atoms with E-state index in [1.807, 2.05) is 30.3 Å². The monoisotopic (exact) mass is 493 g/mol. The smallest absolute Gasteiger partial charge is 0.265 e. The summed E-state index contributed by atoms with van der Waals surface area (Å²) in [7, 11) is -3.84. The van der Waals surface area contributed by atoms with Crippen molar-refractivity contribution in [3.05, 3.63) is 84.0 Å². The van der Waals surface area contributed by atoms with Gasteiger partial charge in [-0.3, -0.25) is 4.79 Å². The molecule has 5 rings (SSSR count). The van der Waals surface area contributed by atoms with Crippen molar-refractivity contribution in [3.8, 4) is 9.88 Å². The molecule has 0 bridgehead atoms. The molecule has 33 heavy (non-hydrogen) atoms. The zero-order chi connectivity index (χ0) is 22.8. The highest BCUT2D eigenvalue weighted by molar-refractivity contribution is 7.92. The second kappa shape index (κ2) is 8.70. The number of nitrogens with zero attached hydrogens (tertiary/aromatic N) is 3. The van der Waals surface area contributed by atoms with Gasteiger partial charge in [0.05, 0.1) is 24.9 Å². The Labute approximate surface area is 197 Å². The van der Waals surface area contributed by atoms with Crippen LogP contribution in [0.5, 0.6) is 0 Å². The van der Waals surface area contributed by atoms with Crippen molar-refractivity contribution >= 4 is 60.5 Å². The van der Waals surface area contributed by atoms with Gasteiger partial charge in [0.2, 0.25) is 5.95 Å². The van der Waals surface area contributed by atoms with Crippen LogP contribution in [0.3, 0.4) is 0 Å². The summed E-state index contributed by atoms with van der Waals surface area (Å²) in [4.78, 5) is 26.5. The lowest BCUT2D eigenvalue weighted by atomic mass is 10.3. The summed E-state index contributed by atoms with van der Waals surface area (Å²) in [6.45, 7) is 0. The van der Waals surface area contributed by atoms with Crippen molar-refractivity contribution in [2.45, 2.75) is 4.90 Å². The second-order valence-corrected chi connectivity index (χ2v) is 10.6. The predicted molar refractivity (Wildman–Crippen MR) is 130 cm³/mol. The number of carbonyl (C=O) groups is 1. The molecule has 2 N–H and O–H groups in total. The van der Waals surface area contributed by atoms with Gasteiger partial charge in [0.25, 0.3) is 15.9 Å². The minimum absolute atomic E-state index is 0.0171. The summed E-state index contributed by atoms with van der Waals surface area (Å²) in [5, 5.41) is 3.66. The van der Waals surface area contributed by atoms with E-state index in [1.165, 1.54) is 48.0 Å². The first-order valence-corrected chi connectivity index (χ1v) is 12.8. The average Bonchev–Trinajstić information content (AvgIpc) is 3.47. The Bertz CT molecular complexity index is 1510. The van der Waals surface area contributed by atoms with Gasteiger partial charge in [-0.25, -0.2) is 28.1 Å². The van der Waals surface area contributed by atoms with E-state index >= 15 is 0 Å². The van der Waals surface area contributed by atoms with Gasteiger partial charge in [-0.1, -0.05) is 12.1 Å². The van der Waals surface area contributed by atoms with Crippen molar-refractivity contribution in [1.29, 1.82) is 0 Å². The second-order valence-electron chi connectivity index (χ2n) is 6.81. The molecule has 0 aliphatic heterocycles. The number of carbonyl (C=O) groups excluding carboxylic acids is 1. The van der Waals surface area contributed by atoms with Gasteiger partial charge in [0.1, 0.15) is 5.01 Å². The summed E-state index contributed by atoms with van der Waals surface area (Å²) >= 11 is 2.93. The van der Waals surface area contributed by atoms with E-state index in [0.29, 0.717) is 10.6 Å². The molecule has 0 saturated carbocycles. The first-order valence-electron chi connectivity index (χ1n) is 9.65. The molecule has 11 heteroatoms. The maximum Gasteiger partial charge on any atom is 0.265 e. The number of aromatic nitrogens is 3. The molecule has 3 heterocycles. The van der Waals surface area contributed by atoms with Crippen molar-refractivity contribution in [1.82, 2.24) is 15.0 Å². The van der Waals surface area contributed by atoms with Crippen molar-refractivity contribution in [2.24, 2.45) is 0 Å². The number of anilines is 2. The maximum absolute atomic E-state index is 12.7. The van der Waals surface area contributed by atoms with E-state index in [-0.39, 0.29) is 16.8 Å². The highest BCUT2D eigenvalue weighted by Gasteiger charge is 2.17. The molecule has 2 aromatic carbocycles. The standard InChI is InChI=1S/C22H15N5O3S3/c28-20(18-10-11-19(31-18)21-26-16-4-1-2-5-17(16)32-21)25-14-6-8-15(9-7-14)33(29,30)27-22-23-12-3-13-24-22/h1-13H,(H,25,28)(H,23,24,27). The van der Waals surface area contributed by atoms with E-state index < -0.39 is 10.0 Å². The summed E-state index contributed by atoms with van der Waals surface area (Å²) in [6.07, 6.45) is 2.88. The SMILES string of the molecule is O=C(Nc1ccc(S(=O)(=O)Nc2ncccn2)cc1)c1ccc(-c2nc3ccccc3s2)s1. The number of nitrogens with one attached hydrogen (secondary N) is 2. The third-order valence-electron chi connectivity index (χ3n) is 4.55. The minimum atomic E-state index is -3.84. The molecule has 0 spiro atoms. The van der Waals surface area contributed by atoms with Crippen LogP contribution in [0, 0.1) is 0 Å². The minimum Gasteiger partial charge on any atom is -0.321 e. The number of sulfonamides is 1. The predicted octanol–water partition coefficient (Wildman–Crippen LogP) is 4.87. The molecule has 5 aromatic rings. The van der Waals surface area contributed by atoms with Gasteiger partial charge < -0.3 is 5.32 Å². The van der Waals surface area contributed by atoms with Crippen LogP contribution in [0.25, 0.3) is 20.1 Å². The summed E-state index contributed by atoms with van der Waals surface area (Å²) in [5.41, 5.74) is 1.41. The Morgan fingerprint density at radius 3 is 2.36 bits per heavy atom.